The fourth-order valence-electron chi connectivity index (χ4n) is 2.31. The predicted octanol–water partition coefficient (Wildman–Crippen LogP) is 3.21. The molecule has 0 saturated carbocycles. The normalized spacial score (nSPS) is 11.9. The van der Waals surface area contributed by atoms with Gasteiger partial charge in [0.2, 0.25) is 0 Å². The van der Waals surface area contributed by atoms with Gasteiger partial charge in [-0.15, -0.1) is 0 Å². The fourth-order valence-corrected chi connectivity index (χ4v) is 2.31. The summed E-state index contributed by atoms with van der Waals surface area (Å²) in [5.41, 5.74) is 2.50. The molecule has 0 saturated heterocycles. The summed E-state index contributed by atoms with van der Waals surface area (Å²) in [4.78, 5) is 0. The number of methoxy groups -OCH3 is 2. The molecule has 0 aliphatic rings. The molecule has 0 unspecified atom stereocenters. The molecule has 2 aromatic carbocycles. The van der Waals surface area contributed by atoms with Crippen molar-refractivity contribution in [2.75, 3.05) is 21.3 Å². The van der Waals surface area contributed by atoms with Gasteiger partial charge in [-0.25, -0.2) is 0 Å². The Morgan fingerprint density at radius 2 is 1.65 bits per heavy atom. The lowest BCUT2D eigenvalue weighted by Crippen LogP contribution is -2.18. The smallest absolute Gasteiger partial charge is 0.161 e. The minimum absolute atomic E-state index is 0.247. The van der Waals surface area contributed by atoms with E-state index >= 15 is 0 Å². The maximum atomic E-state index is 5.37. The second kappa shape index (κ2) is 6.96. The van der Waals surface area contributed by atoms with Gasteiger partial charge in [-0.2, -0.15) is 0 Å². The van der Waals surface area contributed by atoms with Crippen LogP contribution in [0.15, 0.2) is 48.5 Å². The van der Waals surface area contributed by atoms with E-state index in [0.29, 0.717) is 0 Å². The van der Waals surface area contributed by atoms with Crippen molar-refractivity contribution in [2.24, 2.45) is 0 Å². The van der Waals surface area contributed by atoms with Crippen LogP contribution in [0.25, 0.3) is 0 Å². The van der Waals surface area contributed by atoms with E-state index in [0.717, 1.165) is 17.9 Å². The predicted molar refractivity (Wildman–Crippen MR) is 81.5 cm³/mol. The van der Waals surface area contributed by atoms with E-state index in [2.05, 4.69) is 35.6 Å². The molecule has 3 nitrogen and oxygen atoms in total. The second-order valence-electron chi connectivity index (χ2n) is 4.65. The van der Waals surface area contributed by atoms with Crippen LogP contribution in [0.3, 0.4) is 0 Å². The lowest BCUT2D eigenvalue weighted by molar-refractivity contribution is 0.354. The third kappa shape index (κ3) is 3.31. The number of ether oxygens (including phenoxy) is 2. The lowest BCUT2D eigenvalue weighted by atomic mass is 9.98. The number of rotatable bonds is 6. The standard InChI is InChI=1S/C17H21NO2/c1-18-15(11-13-7-5-4-6-8-13)14-9-10-16(19-2)17(12-14)20-3/h4-10,12,15,18H,11H2,1-3H3/t15-/m1/s1. The van der Waals surface area contributed by atoms with Crippen LogP contribution >= 0.6 is 0 Å². The molecule has 0 bridgehead atoms. The molecule has 0 aliphatic heterocycles. The summed E-state index contributed by atoms with van der Waals surface area (Å²) in [6.07, 6.45) is 0.937. The Labute approximate surface area is 120 Å². The van der Waals surface area contributed by atoms with Crippen molar-refractivity contribution in [1.29, 1.82) is 0 Å². The number of hydrogen-bond donors (Lipinski definition) is 1. The van der Waals surface area contributed by atoms with E-state index in [4.69, 9.17) is 9.47 Å². The molecule has 1 atom stereocenters. The minimum Gasteiger partial charge on any atom is -0.493 e. The maximum Gasteiger partial charge on any atom is 0.161 e. The topological polar surface area (TPSA) is 30.5 Å². The Morgan fingerprint density at radius 1 is 0.950 bits per heavy atom. The maximum absolute atomic E-state index is 5.37. The van der Waals surface area contributed by atoms with Gasteiger partial charge in [0, 0.05) is 6.04 Å². The quantitative estimate of drug-likeness (QED) is 0.875. The molecule has 0 fully saturated rings. The zero-order valence-electron chi connectivity index (χ0n) is 12.2. The van der Waals surface area contributed by atoms with Crippen LogP contribution in [0.4, 0.5) is 0 Å². The molecule has 0 aromatic heterocycles. The first-order valence-corrected chi connectivity index (χ1v) is 6.71. The summed E-state index contributed by atoms with van der Waals surface area (Å²) in [7, 11) is 5.29. The highest BCUT2D eigenvalue weighted by atomic mass is 16.5. The molecule has 0 amide bonds. The molecule has 2 rings (SSSR count). The number of hydrogen-bond acceptors (Lipinski definition) is 3. The summed E-state index contributed by atoms with van der Waals surface area (Å²) in [5.74, 6) is 1.52. The third-order valence-electron chi connectivity index (χ3n) is 3.44. The van der Waals surface area contributed by atoms with Crippen LogP contribution in [0.2, 0.25) is 0 Å². The van der Waals surface area contributed by atoms with Gasteiger partial charge >= 0.3 is 0 Å². The van der Waals surface area contributed by atoms with E-state index in [1.54, 1.807) is 14.2 Å². The minimum atomic E-state index is 0.247. The Morgan fingerprint density at radius 3 is 2.25 bits per heavy atom. The summed E-state index contributed by atoms with van der Waals surface area (Å²) >= 11 is 0. The van der Waals surface area contributed by atoms with E-state index in [1.807, 2.05) is 25.2 Å². The molecular weight excluding hydrogens is 250 g/mol. The number of likely N-dealkylation sites (N-methyl/N-ethyl adjacent to an activating group) is 1. The summed E-state index contributed by atoms with van der Waals surface area (Å²) in [5, 5.41) is 3.36. The van der Waals surface area contributed by atoms with Gasteiger partial charge in [0.15, 0.2) is 11.5 Å². The van der Waals surface area contributed by atoms with E-state index in [-0.39, 0.29) is 6.04 Å². The van der Waals surface area contributed by atoms with Crippen molar-refractivity contribution in [3.63, 3.8) is 0 Å². The summed E-state index contributed by atoms with van der Waals surface area (Å²) in [6, 6.07) is 16.8. The molecule has 2 aromatic rings. The first-order valence-electron chi connectivity index (χ1n) is 6.71. The van der Waals surface area contributed by atoms with Crippen molar-refractivity contribution in [1.82, 2.24) is 5.32 Å². The van der Waals surface area contributed by atoms with Gasteiger partial charge in [-0.3, -0.25) is 0 Å². The highest BCUT2D eigenvalue weighted by Crippen LogP contribution is 2.30. The van der Waals surface area contributed by atoms with Crippen molar-refractivity contribution < 1.29 is 9.47 Å². The van der Waals surface area contributed by atoms with Crippen LogP contribution in [-0.4, -0.2) is 21.3 Å². The summed E-state index contributed by atoms with van der Waals surface area (Å²) in [6.45, 7) is 0. The Balaban J connectivity index is 2.23. The molecule has 20 heavy (non-hydrogen) atoms. The largest absolute Gasteiger partial charge is 0.493 e. The van der Waals surface area contributed by atoms with Crippen molar-refractivity contribution in [2.45, 2.75) is 12.5 Å². The van der Waals surface area contributed by atoms with Crippen LogP contribution in [0.5, 0.6) is 11.5 Å². The van der Waals surface area contributed by atoms with E-state index in [1.165, 1.54) is 11.1 Å². The zero-order valence-corrected chi connectivity index (χ0v) is 12.2. The van der Waals surface area contributed by atoms with Crippen LogP contribution in [-0.2, 0) is 6.42 Å². The molecule has 106 valence electrons. The van der Waals surface area contributed by atoms with Crippen molar-refractivity contribution in [3.8, 4) is 11.5 Å². The summed E-state index contributed by atoms with van der Waals surface area (Å²) < 4.78 is 10.6. The Hall–Kier alpha value is -2.00. The highest BCUT2D eigenvalue weighted by molar-refractivity contribution is 5.44. The van der Waals surface area contributed by atoms with Gasteiger partial charge < -0.3 is 14.8 Å². The van der Waals surface area contributed by atoms with E-state index < -0.39 is 0 Å². The van der Waals surface area contributed by atoms with Crippen LogP contribution in [0.1, 0.15) is 17.2 Å². The highest BCUT2D eigenvalue weighted by Gasteiger charge is 2.13. The monoisotopic (exact) mass is 271 g/mol. The first kappa shape index (κ1) is 14.4. The molecule has 0 aliphatic carbocycles. The lowest BCUT2D eigenvalue weighted by Gasteiger charge is -2.18. The van der Waals surface area contributed by atoms with Crippen LogP contribution in [0, 0.1) is 0 Å². The average molecular weight is 271 g/mol. The van der Waals surface area contributed by atoms with Crippen molar-refractivity contribution in [3.05, 3.63) is 59.7 Å². The zero-order chi connectivity index (χ0) is 14.4. The van der Waals surface area contributed by atoms with Gasteiger partial charge in [0.1, 0.15) is 0 Å². The van der Waals surface area contributed by atoms with Crippen molar-refractivity contribution >= 4 is 0 Å². The van der Waals surface area contributed by atoms with Gasteiger partial charge in [0.25, 0.3) is 0 Å². The average Bonchev–Trinajstić information content (AvgIpc) is 2.53. The van der Waals surface area contributed by atoms with Crippen LogP contribution < -0.4 is 14.8 Å². The van der Waals surface area contributed by atoms with Gasteiger partial charge in [-0.1, -0.05) is 36.4 Å². The molecule has 0 spiro atoms. The Bertz CT molecular complexity index is 540. The Kier molecular flexibility index (Phi) is 5.02. The SMILES string of the molecule is CN[C@H](Cc1ccccc1)c1ccc(OC)c(OC)c1. The fraction of sp³-hybridized carbons (Fsp3) is 0.294. The molecule has 0 radical (unpaired) electrons. The van der Waals surface area contributed by atoms with E-state index in [9.17, 15) is 0 Å². The first-order chi connectivity index (χ1) is 9.78. The molecule has 1 N–H and O–H groups in total. The number of nitrogens with one attached hydrogen (secondary N) is 1. The third-order valence-corrected chi connectivity index (χ3v) is 3.44. The number of benzene rings is 2. The molecule has 0 heterocycles. The molecule has 3 heteroatoms. The van der Waals surface area contributed by atoms with Gasteiger partial charge in [0.05, 0.1) is 14.2 Å². The second-order valence-corrected chi connectivity index (χ2v) is 4.65. The molecular formula is C17H21NO2. The van der Waals surface area contributed by atoms with Gasteiger partial charge in [-0.05, 0) is 36.7 Å².